The van der Waals surface area contributed by atoms with Gasteiger partial charge in [-0.2, -0.15) is 13.2 Å². The van der Waals surface area contributed by atoms with Crippen LogP contribution in [0.5, 0.6) is 0 Å². The zero-order valence-electron chi connectivity index (χ0n) is 10.2. The summed E-state index contributed by atoms with van der Waals surface area (Å²) in [5.74, 6) is -0.702. The van der Waals surface area contributed by atoms with Crippen LogP contribution >= 0.6 is 27.5 Å². The Morgan fingerprint density at radius 2 is 1.95 bits per heavy atom. The molecule has 0 bridgehead atoms. The molecule has 0 atom stereocenters. The van der Waals surface area contributed by atoms with Crippen molar-refractivity contribution in [2.24, 2.45) is 0 Å². The standard InChI is InChI=1S/C13H7BrClF3N2O/c14-8-1-2-10(9(6-8)13(16,17)18)20-12(21)7-3-4-19-11(15)5-7/h1-6H,(H,20,21). The molecule has 3 nitrogen and oxygen atoms in total. The fraction of sp³-hybridized carbons (Fsp3) is 0.0769. The number of hydrogen-bond donors (Lipinski definition) is 1. The van der Waals surface area contributed by atoms with Crippen molar-refractivity contribution in [2.75, 3.05) is 5.32 Å². The fourth-order valence-corrected chi connectivity index (χ4v) is 2.13. The number of alkyl halides is 3. The molecule has 0 fully saturated rings. The van der Waals surface area contributed by atoms with E-state index in [-0.39, 0.29) is 20.9 Å². The summed E-state index contributed by atoms with van der Waals surface area (Å²) in [5, 5.41) is 2.30. The molecule has 110 valence electrons. The third-order valence-electron chi connectivity index (χ3n) is 2.52. The molecule has 0 spiro atoms. The second-order valence-electron chi connectivity index (χ2n) is 4.01. The SMILES string of the molecule is O=C(Nc1ccc(Br)cc1C(F)(F)F)c1ccnc(Cl)c1. The van der Waals surface area contributed by atoms with E-state index >= 15 is 0 Å². The Labute approximate surface area is 131 Å². The number of carbonyl (C=O) groups is 1. The predicted octanol–water partition coefficient (Wildman–Crippen LogP) is 4.77. The number of halogens is 5. The van der Waals surface area contributed by atoms with Gasteiger partial charge in [0.1, 0.15) is 5.15 Å². The molecular formula is C13H7BrClF3N2O. The Kier molecular flexibility index (Phi) is 4.53. The first-order valence-corrected chi connectivity index (χ1v) is 6.74. The molecule has 0 saturated heterocycles. The first-order chi connectivity index (χ1) is 9.77. The lowest BCUT2D eigenvalue weighted by atomic mass is 10.1. The van der Waals surface area contributed by atoms with Crippen molar-refractivity contribution in [3.05, 3.63) is 57.3 Å². The monoisotopic (exact) mass is 378 g/mol. The van der Waals surface area contributed by atoms with Crippen molar-refractivity contribution in [3.63, 3.8) is 0 Å². The van der Waals surface area contributed by atoms with Gasteiger partial charge in [0, 0.05) is 16.2 Å². The lowest BCUT2D eigenvalue weighted by Gasteiger charge is -2.14. The van der Waals surface area contributed by atoms with Crippen molar-refractivity contribution < 1.29 is 18.0 Å². The maximum atomic E-state index is 12.9. The summed E-state index contributed by atoms with van der Waals surface area (Å²) in [6, 6.07) is 6.10. The summed E-state index contributed by atoms with van der Waals surface area (Å²) in [7, 11) is 0. The Bertz CT molecular complexity index is 691. The summed E-state index contributed by atoms with van der Waals surface area (Å²) >= 11 is 8.61. The molecule has 2 rings (SSSR count). The maximum Gasteiger partial charge on any atom is 0.418 e. The molecule has 1 heterocycles. The van der Waals surface area contributed by atoms with E-state index in [1.54, 1.807) is 0 Å². The molecule has 0 aliphatic rings. The Morgan fingerprint density at radius 3 is 2.57 bits per heavy atom. The van der Waals surface area contributed by atoms with Gasteiger partial charge in [-0.25, -0.2) is 4.98 Å². The van der Waals surface area contributed by atoms with Gasteiger partial charge in [0.15, 0.2) is 0 Å². The molecule has 0 radical (unpaired) electrons. The third-order valence-corrected chi connectivity index (χ3v) is 3.22. The lowest BCUT2D eigenvalue weighted by Crippen LogP contribution is -2.16. The number of aromatic nitrogens is 1. The highest BCUT2D eigenvalue weighted by atomic mass is 79.9. The molecule has 21 heavy (non-hydrogen) atoms. The van der Waals surface area contributed by atoms with Crippen molar-refractivity contribution in [3.8, 4) is 0 Å². The highest BCUT2D eigenvalue weighted by Crippen LogP contribution is 2.36. The van der Waals surface area contributed by atoms with Gasteiger partial charge in [-0.1, -0.05) is 27.5 Å². The number of benzene rings is 1. The number of nitrogens with one attached hydrogen (secondary N) is 1. The smallest absolute Gasteiger partial charge is 0.321 e. The number of nitrogens with zero attached hydrogens (tertiary/aromatic N) is 1. The Morgan fingerprint density at radius 1 is 1.24 bits per heavy atom. The molecule has 1 aromatic heterocycles. The van der Waals surface area contributed by atoms with Crippen molar-refractivity contribution >= 4 is 39.1 Å². The minimum Gasteiger partial charge on any atom is -0.321 e. The largest absolute Gasteiger partial charge is 0.418 e. The number of hydrogen-bond acceptors (Lipinski definition) is 2. The minimum atomic E-state index is -4.58. The zero-order valence-corrected chi connectivity index (χ0v) is 12.6. The number of amides is 1. The van der Waals surface area contributed by atoms with Crippen LogP contribution in [0.15, 0.2) is 41.0 Å². The molecule has 8 heteroatoms. The van der Waals surface area contributed by atoms with E-state index in [4.69, 9.17) is 11.6 Å². The van der Waals surface area contributed by atoms with Gasteiger partial charge < -0.3 is 5.32 Å². The predicted molar refractivity (Wildman–Crippen MR) is 76.3 cm³/mol. The van der Waals surface area contributed by atoms with Crippen molar-refractivity contribution in [1.29, 1.82) is 0 Å². The molecule has 0 aliphatic heterocycles. The summed E-state index contributed by atoms with van der Waals surface area (Å²) in [6.45, 7) is 0. The van der Waals surface area contributed by atoms with Gasteiger partial charge in [-0.05, 0) is 30.3 Å². The molecule has 0 saturated carbocycles. The van der Waals surface area contributed by atoms with Gasteiger partial charge in [0.2, 0.25) is 0 Å². The number of anilines is 1. The Balaban J connectivity index is 2.34. The normalized spacial score (nSPS) is 11.3. The highest BCUT2D eigenvalue weighted by Gasteiger charge is 2.34. The van der Waals surface area contributed by atoms with E-state index in [0.29, 0.717) is 0 Å². The van der Waals surface area contributed by atoms with Crippen LogP contribution in [0, 0.1) is 0 Å². The average Bonchev–Trinajstić information content (AvgIpc) is 2.39. The quantitative estimate of drug-likeness (QED) is 0.764. The van der Waals surface area contributed by atoms with Crippen LogP contribution in [0.1, 0.15) is 15.9 Å². The van der Waals surface area contributed by atoms with Crippen LogP contribution in [-0.4, -0.2) is 10.9 Å². The van der Waals surface area contributed by atoms with Crippen molar-refractivity contribution in [1.82, 2.24) is 4.98 Å². The van der Waals surface area contributed by atoms with E-state index < -0.39 is 17.6 Å². The molecule has 1 aromatic carbocycles. The topological polar surface area (TPSA) is 42.0 Å². The van der Waals surface area contributed by atoms with E-state index in [0.717, 1.165) is 6.07 Å². The van der Waals surface area contributed by atoms with Gasteiger partial charge in [-0.3, -0.25) is 4.79 Å². The van der Waals surface area contributed by atoms with Crippen LogP contribution in [-0.2, 0) is 6.18 Å². The van der Waals surface area contributed by atoms with Gasteiger partial charge in [-0.15, -0.1) is 0 Å². The summed E-state index contributed by atoms with van der Waals surface area (Å²) in [4.78, 5) is 15.7. The van der Waals surface area contributed by atoms with Gasteiger partial charge in [0.05, 0.1) is 11.3 Å². The van der Waals surface area contributed by atoms with Crippen LogP contribution in [0.3, 0.4) is 0 Å². The molecule has 2 aromatic rings. The van der Waals surface area contributed by atoms with Crippen LogP contribution < -0.4 is 5.32 Å². The average molecular weight is 380 g/mol. The van der Waals surface area contributed by atoms with E-state index in [1.807, 2.05) is 0 Å². The van der Waals surface area contributed by atoms with E-state index in [2.05, 4.69) is 26.2 Å². The molecule has 0 aliphatic carbocycles. The molecule has 0 unspecified atom stereocenters. The molecule has 1 N–H and O–H groups in total. The van der Waals surface area contributed by atoms with Crippen LogP contribution in [0.2, 0.25) is 5.15 Å². The first-order valence-electron chi connectivity index (χ1n) is 5.57. The Hall–Kier alpha value is -1.60. The zero-order chi connectivity index (χ0) is 15.6. The third kappa shape index (κ3) is 3.95. The maximum absolute atomic E-state index is 12.9. The summed E-state index contributed by atoms with van der Waals surface area (Å²) in [5.41, 5.74) is -1.15. The summed E-state index contributed by atoms with van der Waals surface area (Å²) < 4.78 is 39.1. The van der Waals surface area contributed by atoms with Crippen LogP contribution in [0.4, 0.5) is 18.9 Å². The van der Waals surface area contributed by atoms with Gasteiger partial charge >= 0.3 is 6.18 Å². The number of pyridine rings is 1. The molecule has 1 amide bonds. The fourth-order valence-electron chi connectivity index (χ4n) is 1.60. The first kappa shape index (κ1) is 15.8. The van der Waals surface area contributed by atoms with Crippen molar-refractivity contribution in [2.45, 2.75) is 6.18 Å². The summed E-state index contributed by atoms with van der Waals surface area (Å²) in [6.07, 6.45) is -3.29. The number of rotatable bonds is 2. The van der Waals surface area contributed by atoms with E-state index in [1.165, 1.54) is 30.5 Å². The lowest BCUT2D eigenvalue weighted by molar-refractivity contribution is -0.136. The van der Waals surface area contributed by atoms with Crippen LogP contribution in [0.25, 0.3) is 0 Å². The van der Waals surface area contributed by atoms with E-state index in [9.17, 15) is 18.0 Å². The minimum absolute atomic E-state index is 0.0782. The molecular weight excluding hydrogens is 373 g/mol. The van der Waals surface area contributed by atoms with Gasteiger partial charge in [0.25, 0.3) is 5.91 Å². The second kappa shape index (κ2) is 6.03. The second-order valence-corrected chi connectivity index (χ2v) is 5.31. The number of carbonyl (C=O) groups excluding carboxylic acids is 1. The highest BCUT2D eigenvalue weighted by molar-refractivity contribution is 9.10.